The van der Waals surface area contributed by atoms with E-state index in [1.807, 2.05) is 0 Å². The van der Waals surface area contributed by atoms with Crippen molar-refractivity contribution in [3.8, 4) is 0 Å². The fourth-order valence-corrected chi connectivity index (χ4v) is 2.21. The Bertz CT molecular complexity index is 302. The van der Waals surface area contributed by atoms with Crippen LogP contribution >= 0.6 is 0 Å². The molecule has 1 saturated heterocycles. The van der Waals surface area contributed by atoms with Gasteiger partial charge in [0.25, 0.3) is 0 Å². The number of likely N-dealkylation sites (tertiary alicyclic amines) is 1. The number of aliphatic carboxylic acids is 1. The van der Waals surface area contributed by atoms with E-state index in [9.17, 15) is 9.59 Å². The summed E-state index contributed by atoms with van der Waals surface area (Å²) in [7, 11) is 0. The molecule has 0 aliphatic carbocycles. The lowest BCUT2D eigenvalue weighted by Crippen LogP contribution is -2.50. The van der Waals surface area contributed by atoms with E-state index >= 15 is 0 Å². The molecule has 0 aromatic carbocycles. The van der Waals surface area contributed by atoms with E-state index < -0.39 is 5.97 Å². The Kier molecular flexibility index (Phi) is 4.37. The summed E-state index contributed by atoms with van der Waals surface area (Å²) in [6, 6.07) is -0.475. The number of rotatable bonds is 3. The van der Waals surface area contributed by atoms with Crippen LogP contribution in [0.2, 0.25) is 0 Å². The van der Waals surface area contributed by atoms with Crippen LogP contribution in [0.15, 0.2) is 0 Å². The largest absolute Gasteiger partial charge is 0.481 e. The standard InChI is InChI=1S/C12H22N2O3/c1-9(7-10(15)16)13-11(17)14-6-4-5-12(2,3)8-14/h9H,4-8H2,1-3H3,(H,13,17)(H,15,16). The molecule has 5 heteroatoms. The van der Waals surface area contributed by atoms with Crippen molar-refractivity contribution in [3.05, 3.63) is 0 Å². The van der Waals surface area contributed by atoms with Gasteiger partial charge in [-0.05, 0) is 25.2 Å². The molecule has 1 aliphatic rings. The molecule has 0 aromatic heterocycles. The Morgan fingerprint density at radius 1 is 1.47 bits per heavy atom. The number of carboxylic acid groups (broad SMARTS) is 1. The molecule has 1 unspecified atom stereocenters. The van der Waals surface area contributed by atoms with Crippen molar-refractivity contribution in [1.29, 1.82) is 0 Å². The van der Waals surface area contributed by atoms with E-state index in [-0.39, 0.29) is 23.9 Å². The maximum Gasteiger partial charge on any atom is 0.317 e. The van der Waals surface area contributed by atoms with Crippen LogP contribution in [0, 0.1) is 5.41 Å². The molecule has 1 aliphatic heterocycles. The first-order valence-corrected chi connectivity index (χ1v) is 6.07. The Labute approximate surface area is 102 Å². The van der Waals surface area contributed by atoms with E-state index in [2.05, 4.69) is 19.2 Å². The van der Waals surface area contributed by atoms with Crippen LogP contribution in [0.3, 0.4) is 0 Å². The second-order valence-electron chi connectivity index (χ2n) is 5.64. The fraction of sp³-hybridized carbons (Fsp3) is 0.833. The summed E-state index contributed by atoms with van der Waals surface area (Å²) >= 11 is 0. The minimum absolute atomic E-state index is 0.0387. The highest BCUT2D eigenvalue weighted by atomic mass is 16.4. The number of hydrogen-bond donors (Lipinski definition) is 2. The molecule has 0 spiro atoms. The van der Waals surface area contributed by atoms with Gasteiger partial charge in [0.05, 0.1) is 6.42 Å². The second kappa shape index (κ2) is 5.38. The van der Waals surface area contributed by atoms with Crippen molar-refractivity contribution in [3.63, 3.8) is 0 Å². The first-order chi connectivity index (χ1) is 7.80. The third-order valence-corrected chi connectivity index (χ3v) is 3.04. The molecule has 17 heavy (non-hydrogen) atoms. The van der Waals surface area contributed by atoms with E-state index in [1.54, 1.807) is 11.8 Å². The van der Waals surface area contributed by atoms with Gasteiger partial charge >= 0.3 is 12.0 Å². The van der Waals surface area contributed by atoms with Gasteiger partial charge in [0.1, 0.15) is 0 Å². The van der Waals surface area contributed by atoms with Crippen molar-refractivity contribution < 1.29 is 14.7 Å². The molecule has 0 aromatic rings. The van der Waals surface area contributed by atoms with Gasteiger partial charge in [-0.25, -0.2) is 4.79 Å². The predicted molar refractivity (Wildman–Crippen MR) is 64.8 cm³/mol. The van der Waals surface area contributed by atoms with Gasteiger partial charge in [-0.3, -0.25) is 4.79 Å². The molecule has 0 saturated carbocycles. The quantitative estimate of drug-likeness (QED) is 0.791. The maximum absolute atomic E-state index is 11.9. The maximum atomic E-state index is 11.9. The van der Waals surface area contributed by atoms with Crippen LogP contribution in [-0.4, -0.2) is 41.1 Å². The first kappa shape index (κ1) is 13.8. The molecular weight excluding hydrogens is 220 g/mol. The zero-order valence-corrected chi connectivity index (χ0v) is 10.8. The Morgan fingerprint density at radius 2 is 2.12 bits per heavy atom. The van der Waals surface area contributed by atoms with E-state index in [0.717, 1.165) is 25.9 Å². The molecule has 1 atom stereocenters. The lowest BCUT2D eigenvalue weighted by Gasteiger charge is -2.38. The molecule has 2 N–H and O–H groups in total. The monoisotopic (exact) mass is 242 g/mol. The lowest BCUT2D eigenvalue weighted by atomic mass is 9.84. The third kappa shape index (κ3) is 4.63. The summed E-state index contributed by atoms with van der Waals surface area (Å²) in [5.41, 5.74) is 0.158. The van der Waals surface area contributed by atoms with Crippen LogP contribution in [0.1, 0.15) is 40.0 Å². The molecule has 1 fully saturated rings. The molecule has 5 nitrogen and oxygen atoms in total. The van der Waals surface area contributed by atoms with Crippen molar-refractivity contribution in [1.82, 2.24) is 10.2 Å². The van der Waals surface area contributed by atoms with E-state index in [0.29, 0.717) is 0 Å². The summed E-state index contributed by atoms with van der Waals surface area (Å²) < 4.78 is 0. The number of nitrogens with one attached hydrogen (secondary N) is 1. The summed E-state index contributed by atoms with van der Waals surface area (Å²) in [4.78, 5) is 24.2. The number of nitrogens with zero attached hydrogens (tertiary/aromatic N) is 1. The highest BCUT2D eigenvalue weighted by Gasteiger charge is 2.29. The minimum Gasteiger partial charge on any atom is -0.481 e. The number of hydrogen-bond acceptors (Lipinski definition) is 2. The van der Waals surface area contributed by atoms with Gasteiger partial charge in [0, 0.05) is 19.1 Å². The van der Waals surface area contributed by atoms with E-state index in [4.69, 9.17) is 5.11 Å². The van der Waals surface area contributed by atoms with Crippen molar-refractivity contribution in [2.75, 3.05) is 13.1 Å². The molecule has 2 amide bonds. The molecule has 0 radical (unpaired) electrons. The third-order valence-electron chi connectivity index (χ3n) is 3.04. The van der Waals surface area contributed by atoms with Crippen LogP contribution < -0.4 is 5.32 Å². The van der Waals surface area contributed by atoms with Crippen molar-refractivity contribution in [2.24, 2.45) is 5.41 Å². The van der Waals surface area contributed by atoms with E-state index in [1.165, 1.54) is 0 Å². The Morgan fingerprint density at radius 3 is 2.65 bits per heavy atom. The Hall–Kier alpha value is -1.26. The van der Waals surface area contributed by atoms with Gasteiger partial charge in [-0.15, -0.1) is 0 Å². The first-order valence-electron chi connectivity index (χ1n) is 6.07. The highest BCUT2D eigenvalue weighted by molar-refractivity contribution is 5.76. The van der Waals surface area contributed by atoms with Crippen molar-refractivity contribution >= 4 is 12.0 Å². The summed E-state index contributed by atoms with van der Waals surface area (Å²) in [5, 5.41) is 11.4. The van der Waals surface area contributed by atoms with Gasteiger partial charge in [-0.1, -0.05) is 13.8 Å². The van der Waals surface area contributed by atoms with Gasteiger partial charge in [0.2, 0.25) is 0 Å². The minimum atomic E-state index is -0.892. The highest BCUT2D eigenvalue weighted by Crippen LogP contribution is 2.28. The van der Waals surface area contributed by atoms with Crippen molar-refractivity contribution in [2.45, 2.75) is 46.1 Å². The predicted octanol–water partition coefficient (Wildman–Crippen LogP) is 1.68. The van der Waals surface area contributed by atoms with Gasteiger partial charge in [-0.2, -0.15) is 0 Å². The van der Waals surface area contributed by atoms with Gasteiger partial charge in [0.15, 0.2) is 0 Å². The molecule has 98 valence electrons. The topological polar surface area (TPSA) is 69.6 Å². The van der Waals surface area contributed by atoms with Crippen LogP contribution in [-0.2, 0) is 4.79 Å². The zero-order chi connectivity index (χ0) is 13.1. The summed E-state index contributed by atoms with van der Waals surface area (Å²) in [6.07, 6.45) is 2.10. The molecule has 0 bridgehead atoms. The summed E-state index contributed by atoms with van der Waals surface area (Å²) in [6.45, 7) is 7.50. The number of carbonyl (C=O) groups is 2. The number of carboxylic acids is 1. The molecule has 1 heterocycles. The Balaban J connectivity index is 2.44. The smallest absolute Gasteiger partial charge is 0.317 e. The number of amides is 2. The summed E-state index contributed by atoms with van der Waals surface area (Å²) in [5.74, 6) is -0.892. The van der Waals surface area contributed by atoms with Crippen LogP contribution in [0.25, 0.3) is 0 Å². The van der Waals surface area contributed by atoms with Gasteiger partial charge < -0.3 is 15.3 Å². The second-order valence-corrected chi connectivity index (χ2v) is 5.64. The fourth-order valence-electron chi connectivity index (χ4n) is 2.21. The lowest BCUT2D eigenvalue weighted by molar-refractivity contribution is -0.137. The number of urea groups is 1. The molecular formula is C12H22N2O3. The normalized spacial score (nSPS) is 20.8. The average Bonchev–Trinajstić information content (AvgIpc) is 2.14. The molecule has 1 rings (SSSR count). The average molecular weight is 242 g/mol. The van der Waals surface area contributed by atoms with Crippen LogP contribution in [0.4, 0.5) is 4.79 Å². The number of carbonyl (C=O) groups excluding carboxylic acids is 1. The zero-order valence-electron chi connectivity index (χ0n) is 10.8. The SMILES string of the molecule is CC(CC(=O)O)NC(=O)N1CCCC(C)(C)C1. The number of piperidine rings is 1. The van der Waals surface area contributed by atoms with Crippen LogP contribution in [0.5, 0.6) is 0 Å².